The smallest absolute Gasteiger partial charge is 0.263 e. The number of nitriles is 1. The van der Waals surface area contributed by atoms with Crippen molar-refractivity contribution < 1.29 is 14.3 Å². The van der Waals surface area contributed by atoms with Gasteiger partial charge in [-0.25, -0.2) is 4.98 Å². The lowest BCUT2D eigenvalue weighted by atomic mass is 10.0. The molecule has 4 aromatic rings. The number of carbonyl (C=O) groups excluding carboxylic acids is 1. The molecule has 0 spiro atoms. The molecule has 0 aliphatic carbocycles. The molecule has 8 nitrogen and oxygen atoms in total. The number of anilines is 1. The Bertz CT molecular complexity index is 1400. The number of rotatable bonds is 6. The minimum atomic E-state index is -0.441. The van der Waals surface area contributed by atoms with Crippen molar-refractivity contribution in [2.24, 2.45) is 0 Å². The minimum absolute atomic E-state index is 0.223. The molecule has 0 atom stereocenters. The fraction of sp³-hybridized carbons (Fsp3) is 0.200. The standard InChI is InChI=1S/C25H23N5O3/c1-15-9-17(3)24-19(10-15)16(2)11-22(28-24)30-25(18(12-26)13-27-30)29-23(31)14-33-21-8-6-5-7-20(21)32-4/h5-11,13H,14H2,1-4H3,(H,29,31). The summed E-state index contributed by atoms with van der Waals surface area (Å²) in [5.41, 5.74) is 4.29. The molecule has 4 rings (SSSR count). The van der Waals surface area contributed by atoms with Gasteiger partial charge >= 0.3 is 0 Å². The lowest BCUT2D eigenvalue weighted by Gasteiger charge is -2.13. The molecule has 0 saturated heterocycles. The van der Waals surface area contributed by atoms with E-state index in [1.807, 2.05) is 32.9 Å². The Morgan fingerprint density at radius 3 is 2.61 bits per heavy atom. The van der Waals surface area contributed by atoms with Gasteiger partial charge in [0.05, 0.1) is 18.8 Å². The average Bonchev–Trinajstić information content (AvgIpc) is 3.20. The number of aryl methyl sites for hydroxylation is 3. The number of para-hydroxylation sites is 2. The molecule has 0 saturated carbocycles. The molecule has 166 valence electrons. The van der Waals surface area contributed by atoms with E-state index in [4.69, 9.17) is 14.5 Å². The molecule has 2 aromatic heterocycles. The predicted octanol–water partition coefficient (Wildman–Crippen LogP) is 4.24. The fourth-order valence-corrected chi connectivity index (χ4v) is 3.71. The number of ether oxygens (including phenoxy) is 2. The zero-order chi connectivity index (χ0) is 23.5. The lowest BCUT2D eigenvalue weighted by molar-refractivity contribution is -0.118. The summed E-state index contributed by atoms with van der Waals surface area (Å²) >= 11 is 0. The quantitative estimate of drug-likeness (QED) is 0.480. The number of pyridine rings is 1. The van der Waals surface area contributed by atoms with Crippen LogP contribution < -0.4 is 14.8 Å². The first kappa shape index (κ1) is 21.8. The number of hydrogen-bond acceptors (Lipinski definition) is 6. The van der Waals surface area contributed by atoms with Gasteiger partial charge < -0.3 is 14.8 Å². The number of nitrogens with one attached hydrogen (secondary N) is 1. The van der Waals surface area contributed by atoms with Crippen LogP contribution in [0.1, 0.15) is 22.3 Å². The first-order chi connectivity index (χ1) is 15.9. The third-order valence-corrected chi connectivity index (χ3v) is 5.23. The van der Waals surface area contributed by atoms with Gasteiger partial charge in [-0.3, -0.25) is 4.79 Å². The molecule has 1 amide bonds. The highest BCUT2D eigenvalue weighted by Crippen LogP contribution is 2.27. The molecular formula is C25H23N5O3. The van der Waals surface area contributed by atoms with Gasteiger partial charge in [-0.1, -0.05) is 23.8 Å². The number of methoxy groups -OCH3 is 1. The number of amides is 1. The molecule has 2 heterocycles. The van der Waals surface area contributed by atoms with Crippen molar-refractivity contribution in [3.05, 3.63) is 70.9 Å². The third kappa shape index (κ3) is 4.34. The number of carbonyl (C=O) groups is 1. The molecule has 0 radical (unpaired) electrons. The van der Waals surface area contributed by atoms with Crippen LogP contribution in [0.5, 0.6) is 11.5 Å². The van der Waals surface area contributed by atoms with E-state index in [-0.39, 0.29) is 18.0 Å². The Hall–Kier alpha value is -4.38. The van der Waals surface area contributed by atoms with E-state index in [1.54, 1.807) is 18.2 Å². The maximum absolute atomic E-state index is 12.7. The van der Waals surface area contributed by atoms with Crippen molar-refractivity contribution in [3.8, 4) is 23.4 Å². The highest BCUT2D eigenvalue weighted by molar-refractivity contribution is 5.93. The van der Waals surface area contributed by atoms with E-state index < -0.39 is 5.91 Å². The van der Waals surface area contributed by atoms with Crippen LogP contribution in [0.25, 0.3) is 16.7 Å². The van der Waals surface area contributed by atoms with Crippen molar-refractivity contribution in [2.45, 2.75) is 20.8 Å². The molecule has 1 N–H and O–H groups in total. The van der Waals surface area contributed by atoms with Gasteiger partial charge in [0.2, 0.25) is 0 Å². The molecule has 0 bridgehead atoms. The zero-order valence-electron chi connectivity index (χ0n) is 18.8. The molecule has 0 unspecified atom stereocenters. The maximum atomic E-state index is 12.7. The number of hydrogen-bond donors (Lipinski definition) is 1. The minimum Gasteiger partial charge on any atom is -0.493 e. The van der Waals surface area contributed by atoms with Gasteiger partial charge in [-0.15, -0.1) is 0 Å². The van der Waals surface area contributed by atoms with Crippen molar-refractivity contribution in [1.29, 1.82) is 5.26 Å². The maximum Gasteiger partial charge on any atom is 0.263 e. The summed E-state index contributed by atoms with van der Waals surface area (Å²) in [5, 5.41) is 17.6. The van der Waals surface area contributed by atoms with Crippen LogP contribution in [0, 0.1) is 32.1 Å². The second kappa shape index (κ2) is 9.01. The summed E-state index contributed by atoms with van der Waals surface area (Å²) < 4.78 is 12.3. The van der Waals surface area contributed by atoms with Gasteiger partial charge in [-0.05, 0) is 56.2 Å². The highest BCUT2D eigenvalue weighted by Gasteiger charge is 2.18. The second-order valence-corrected chi connectivity index (χ2v) is 7.69. The van der Waals surface area contributed by atoms with Crippen LogP contribution in [0.3, 0.4) is 0 Å². The van der Waals surface area contributed by atoms with Crippen LogP contribution in [0.15, 0.2) is 48.7 Å². The van der Waals surface area contributed by atoms with E-state index in [0.29, 0.717) is 17.3 Å². The summed E-state index contributed by atoms with van der Waals surface area (Å²) in [6.07, 6.45) is 1.40. The summed E-state index contributed by atoms with van der Waals surface area (Å²) in [6.45, 7) is 5.79. The van der Waals surface area contributed by atoms with E-state index in [2.05, 4.69) is 28.6 Å². The Kier molecular flexibility index (Phi) is 5.96. The topological polar surface area (TPSA) is 102 Å². The second-order valence-electron chi connectivity index (χ2n) is 7.69. The highest BCUT2D eigenvalue weighted by atomic mass is 16.5. The number of nitrogens with zero attached hydrogens (tertiary/aromatic N) is 4. The Balaban J connectivity index is 1.64. The van der Waals surface area contributed by atoms with E-state index >= 15 is 0 Å². The molecule has 8 heteroatoms. The average molecular weight is 441 g/mol. The Morgan fingerprint density at radius 2 is 1.88 bits per heavy atom. The molecule has 0 fully saturated rings. The first-order valence-electron chi connectivity index (χ1n) is 10.3. The van der Waals surface area contributed by atoms with Crippen molar-refractivity contribution in [3.63, 3.8) is 0 Å². The third-order valence-electron chi connectivity index (χ3n) is 5.23. The number of fused-ring (bicyclic) bond motifs is 1. The normalized spacial score (nSPS) is 10.6. The van der Waals surface area contributed by atoms with Gasteiger partial charge in [0, 0.05) is 5.39 Å². The molecule has 33 heavy (non-hydrogen) atoms. The SMILES string of the molecule is COc1ccccc1OCC(=O)Nc1c(C#N)cnn1-c1cc(C)c2cc(C)cc(C)c2n1. The summed E-state index contributed by atoms with van der Waals surface area (Å²) in [5.74, 6) is 1.27. The summed E-state index contributed by atoms with van der Waals surface area (Å²) in [7, 11) is 1.53. The van der Waals surface area contributed by atoms with Crippen LogP contribution >= 0.6 is 0 Å². The molecule has 0 aliphatic heterocycles. The van der Waals surface area contributed by atoms with Crippen molar-refractivity contribution in [1.82, 2.24) is 14.8 Å². The monoisotopic (exact) mass is 441 g/mol. The summed E-state index contributed by atoms with van der Waals surface area (Å²) in [4.78, 5) is 17.4. The van der Waals surface area contributed by atoms with Gasteiger partial charge in [0.25, 0.3) is 5.91 Å². The Morgan fingerprint density at radius 1 is 1.12 bits per heavy atom. The Labute approximate surface area is 191 Å². The van der Waals surface area contributed by atoms with Crippen LogP contribution in [0.4, 0.5) is 5.82 Å². The largest absolute Gasteiger partial charge is 0.493 e. The zero-order valence-corrected chi connectivity index (χ0v) is 18.8. The van der Waals surface area contributed by atoms with E-state index in [9.17, 15) is 10.1 Å². The van der Waals surface area contributed by atoms with Crippen molar-refractivity contribution >= 4 is 22.6 Å². The van der Waals surface area contributed by atoms with Crippen LogP contribution in [-0.2, 0) is 4.79 Å². The van der Waals surface area contributed by atoms with E-state index in [1.165, 1.54) is 18.0 Å². The van der Waals surface area contributed by atoms with Gasteiger partial charge in [-0.2, -0.15) is 15.0 Å². The van der Waals surface area contributed by atoms with Gasteiger partial charge in [0.1, 0.15) is 11.6 Å². The van der Waals surface area contributed by atoms with Gasteiger partial charge in [0.15, 0.2) is 29.7 Å². The molecule has 0 aliphatic rings. The van der Waals surface area contributed by atoms with Crippen LogP contribution in [-0.4, -0.2) is 34.4 Å². The molecular weight excluding hydrogens is 418 g/mol. The predicted molar refractivity (Wildman–Crippen MR) is 125 cm³/mol. The van der Waals surface area contributed by atoms with Crippen molar-refractivity contribution in [2.75, 3.05) is 19.0 Å². The lowest BCUT2D eigenvalue weighted by Crippen LogP contribution is -2.22. The molecule has 2 aromatic carbocycles. The number of aromatic nitrogens is 3. The van der Waals surface area contributed by atoms with E-state index in [0.717, 1.165) is 27.6 Å². The van der Waals surface area contributed by atoms with Crippen LogP contribution in [0.2, 0.25) is 0 Å². The first-order valence-corrected chi connectivity index (χ1v) is 10.3. The number of benzene rings is 2. The summed E-state index contributed by atoms with van der Waals surface area (Å²) in [6, 6.07) is 15.2. The fourth-order valence-electron chi connectivity index (χ4n) is 3.71.